The normalized spacial score (nSPS) is 27.7. The fourth-order valence-corrected chi connectivity index (χ4v) is 4.91. The Labute approximate surface area is 163 Å². The summed E-state index contributed by atoms with van der Waals surface area (Å²) in [6.07, 6.45) is 2.88. The Morgan fingerprint density at radius 1 is 1.26 bits per heavy atom. The summed E-state index contributed by atoms with van der Waals surface area (Å²) in [4.78, 5) is 14.4. The number of fused-ring (bicyclic) bond motifs is 3. The lowest BCUT2D eigenvalue weighted by Crippen LogP contribution is -2.55. The van der Waals surface area contributed by atoms with E-state index in [4.69, 9.17) is 14.2 Å². The van der Waals surface area contributed by atoms with Crippen LogP contribution in [0.4, 0.5) is 0 Å². The Kier molecular flexibility index (Phi) is 5.71. The molecule has 2 unspecified atom stereocenters. The molecule has 0 N–H and O–H groups in total. The van der Waals surface area contributed by atoms with Gasteiger partial charge in [-0.2, -0.15) is 0 Å². The highest BCUT2D eigenvalue weighted by atomic mass is 16.6. The fraction of sp³-hybridized carbons (Fsp3) is 0.682. The number of hydrogen-bond acceptors (Lipinski definition) is 5. The lowest BCUT2D eigenvalue weighted by molar-refractivity contribution is -0.173. The van der Waals surface area contributed by atoms with Crippen molar-refractivity contribution >= 4 is 5.97 Å². The van der Waals surface area contributed by atoms with Gasteiger partial charge in [0.2, 0.25) is 0 Å². The average Bonchev–Trinajstić information content (AvgIpc) is 2.60. The maximum Gasteiger partial charge on any atom is 0.303 e. The third-order valence-corrected chi connectivity index (χ3v) is 6.16. The number of methoxy groups -OCH3 is 2. The molecule has 0 amide bonds. The van der Waals surface area contributed by atoms with E-state index in [1.54, 1.807) is 14.2 Å². The first-order valence-electron chi connectivity index (χ1n) is 9.95. The van der Waals surface area contributed by atoms with Crippen molar-refractivity contribution in [1.82, 2.24) is 4.90 Å². The number of hydrogen-bond donors (Lipinski definition) is 0. The molecular formula is C22H33NO4. The van der Waals surface area contributed by atoms with Gasteiger partial charge in [-0.3, -0.25) is 9.69 Å². The number of piperidine rings is 1. The first-order valence-corrected chi connectivity index (χ1v) is 9.95. The van der Waals surface area contributed by atoms with Crippen molar-refractivity contribution in [1.29, 1.82) is 0 Å². The van der Waals surface area contributed by atoms with Crippen molar-refractivity contribution < 1.29 is 19.0 Å². The van der Waals surface area contributed by atoms with E-state index in [-0.39, 0.29) is 12.0 Å². The largest absolute Gasteiger partial charge is 0.493 e. The summed E-state index contributed by atoms with van der Waals surface area (Å²) >= 11 is 0. The Morgan fingerprint density at radius 3 is 2.52 bits per heavy atom. The first-order chi connectivity index (χ1) is 12.8. The Bertz CT molecular complexity index is 702. The summed E-state index contributed by atoms with van der Waals surface area (Å²) in [5.41, 5.74) is 2.14. The zero-order valence-corrected chi connectivity index (χ0v) is 17.5. The van der Waals surface area contributed by atoms with Crippen molar-refractivity contribution in [3.63, 3.8) is 0 Å². The van der Waals surface area contributed by atoms with Crippen molar-refractivity contribution in [2.24, 2.45) is 11.8 Å². The molecule has 0 aliphatic carbocycles. The first kappa shape index (κ1) is 20.0. The molecule has 5 heteroatoms. The van der Waals surface area contributed by atoms with Crippen LogP contribution in [0.5, 0.6) is 11.5 Å². The monoisotopic (exact) mass is 375 g/mol. The second-order valence-corrected chi connectivity index (χ2v) is 8.60. The molecule has 1 fully saturated rings. The van der Waals surface area contributed by atoms with E-state index in [1.165, 1.54) is 18.1 Å². The third kappa shape index (κ3) is 3.93. The van der Waals surface area contributed by atoms with Gasteiger partial charge in [0.15, 0.2) is 11.5 Å². The predicted octanol–water partition coefficient (Wildman–Crippen LogP) is 3.99. The molecule has 0 bridgehead atoms. The summed E-state index contributed by atoms with van der Waals surface area (Å²) in [6.45, 7) is 10.1. The minimum atomic E-state index is -0.445. The topological polar surface area (TPSA) is 48.0 Å². The smallest absolute Gasteiger partial charge is 0.303 e. The van der Waals surface area contributed by atoms with Crippen LogP contribution in [0.3, 0.4) is 0 Å². The SMILES string of the molecule is COc1cc2c(cc1OC)C1C[C@@](C)(OC(C)=O)C(CC(C)C)CN1CC2. The highest BCUT2D eigenvalue weighted by Crippen LogP contribution is 2.48. The molecule has 1 aromatic rings. The zero-order valence-electron chi connectivity index (χ0n) is 17.5. The van der Waals surface area contributed by atoms with Crippen LogP contribution >= 0.6 is 0 Å². The van der Waals surface area contributed by atoms with Gasteiger partial charge in [0, 0.05) is 38.4 Å². The van der Waals surface area contributed by atoms with E-state index in [1.807, 2.05) is 0 Å². The molecule has 2 heterocycles. The molecule has 1 saturated heterocycles. The summed E-state index contributed by atoms with van der Waals surface area (Å²) in [6, 6.07) is 4.46. The van der Waals surface area contributed by atoms with Crippen LogP contribution in [0.2, 0.25) is 0 Å². The molecule has 2 aliphatic rings. The predicted molar refractivity (Wildman–Crippen MR) is 105 cm³/mol. The van der Waals surface area contributed by atoms with E-state index in [0.717, 1.165) is 43.9 Å². The molecule has 0 spiro atoms. The molecule has 0 radical (unpaired) electrons. The van der Waals surface area contributed by atoms with Crippen molar-refractivity contribution in [3.8, 4) is 11.5 Å². The van der Waals surface area contributed by atoms with Crippen LogP contribution < -0.4 is 9.47 Å². The number of rotatable bonds is 5. The highest BCUT2D eigenvalue weighted by molar-refractivity contribution is 5.66. The number of ether oxygens (including phenoxy) is 3. The molecule has 1 aromatic carbocycles. The van der Waals surface area contributed by atoms with Gasteiger partial charge >= 0.3 is 5.97 Å². The summed E-state index contributed by atoms with van der Waals surface area (Å²) in [7, 11) is 3.35. The molecule has 2 aliphatic heterocycles. The highest BCUT2D eigenvalue weighted by Gasteiger charge is 2.48. The maximum atomic E-state index is 11.9. The second-order valence-electron chi connectivity index (χ2n) is 8.60. The maximum absolute atomic E-state index is 11.9. The summed E-state index contributed by atoms with van der Waals surface area (Å²) < 4.78 is 17.0. The quantitative estimate of drug-likeness (QED) is 0.728. The molecule has 150 valence electrons. The van der Waals surface area contributed by atoms with E-state index < -0.39 is 5.60 Å². The van der Waals surface area contributed by atoms with Gasteiger partial charge in [0.05, 0.1) is 14.2 Å². The number of carbonyl (C=O) groups excluding carboxylic acids is 1. The summed E-state index contributed by atoms with van der Waals surface area (Å²) in [5.74, 6) is 2.27. The Hall–Kier alpha value is -1.75. The van der Waals surface area contributed by atoms with Crippen LogP contribution in [0, 0.1) is 11.8 Å². The molecular weight excluding hydrogens is 342 g/mol. The van der Waals surface area contributed by atoms with Crippen molar-refractivity contribution in [2.45, 2.75) is 58.6 Å². The van der Waals surface area contributed by atoms with Gasteiger partial charge in [-0.05, 0) is 48.9 Å². The van der Waals surface area contributed by atoms with Crippen LogP contribution in [-0.2, 0) is 16.0 Å². The van der Waals surface area contributed by atoms with E-state index in [2.05, 4.69) is 37.8 Å². The minimum Gasteiger partial charge on any atom is -0.493 e. The summed E-state index contributed by atoms with van der Waals surface area (Å²) in [5, 5.41) is 0. The van der Waals surface area contributed by atoms with Crippen LogP contribution in [0.25, 0.3) is 0 Å². The van der Waals surface area contributed by atoms with Gasteiger partial charge in [0.25, 0.3) is 0 Å². The average molecular weight is 376 g/mol. The fourth-order valence-electron chi connectivity index (χ4n) is 4.91. The van der Waals surface area contributed by atoms with E-state index in [0.29, 0.717) is 11.8 Å². The van der Waals surface area contributed by atoms with Crippen LogP contribution in [0.1, 0.15) is 57.7 Å². The van der Waals surface area contributed by atoms with Gasteiger partial charge in [0.1, 0.15) is 5.60 Å². The van der Waals surface area contributed by atoms with Gasteiger partial charge in [-0.25, -0.2) is 0 Å². The Balaban J connectivity index is 1.97. The molecule has 5 nitrogen and oxygen atoms in total. The number of benzene rings is 1. The molecule has 0 saturated carbocycles. The van der Waals surface area contributed by atoms with Crippen molar-refractivity contribution in [2.75, 3.05) is 27.3 Å². The molecule has 0 aromatic heterocycles. The van der Waals surface area contributed by atoms with Gasteiger partial charge in [-0.15, -0.1) is 0 Å². The number of nitrogens with zero attached hydrogens (tertiary/aromatic N) is 1. The van der Waals surface area contributed by atoms with Gasteiger partial charge < -0.3 is 14.2 Å². The second kappa shape index (κ2) is 7.70. The minimum absolute atomic E-state index is 0.192. The zero-order chi connectivity index (χ0) is 19.8. The Morgan fingerprint density at radius 2 is 1.93 bits per heavy atom. The van der Waals surface area contributed by atoms with Crippen LogP contribution in [0.15, 0.2) is 12.1 Å². The van der Waals surface area contributed by atoms with Crippen LogP contribution in [-0.4, -0.2) is 43.8 Å². The van der Waals surface area contributed by atoms with Crippen molar-refractivity contribution in [3.05, 3.63) is 23.3 Å². The lowest BCUT2D eigenvalue weighted by atomic mass is 9.72. The van der Waals surface area contributed by atoms with Gasteiger partial charge in [-0.1, -0.05) is 13.8 Å². The molecule has 3 atom stereocenters. The molecule has 27 heavy (non-hydrogen) atoms. The number of carbonyl (C=O) groups is 1. The molecule has 3 rings (SSSR count). The van der Waals surface area contributed by atoms with E-state index >= 15 is 0 Å². The lowest BCUT2D eigenvalue weighted by Gasteiger charge is -2.52. The van der Waals surface area contributed by atoms with E-state index in [9.17, 15) is 4.79 Å². The number of esters is 1. The standard InChI is InChI=1S/C22H33NO4/c1-14(2)9-17-13-23-8-7-16-10-20(25-5)21(26-6)11-18(16)19(23)12-22(17,4)27-15(3)24/h10-11,14,17,19H,7-9,12-13H2,1-6H3/t17?,19?,22-/m1/s1. The third-order valence-electron chi connectivity index (χ3n) is 6.16.